The number of ether oxygens (including phenoxy) is 1. The van der Waals surface area contributed by atoms with Gasteiger partial charge in [-0.05, 0) is 42.8 Å². The van der Waals surface area contributed by atoms with E-state index in [2.05, 4.69) is 30.9 Å². The van der Waals surface area contributed by atoms with E-state index < -0.39 is 23.4 Å². The Balaban J connectivity index is 1.75. The first-order valence-electron chi connectivity index (χ1n) is 9.67. The Morgan fingerprint density at radius 3 is 2.53 bits per heavy atom. The second-order valence-corrected chi connectivity index (χ2v) is 9.31. The lowest BCUT2D eigenvalue weighted by Crippen LogP contribution is -2.52. The summed E-state index contributed by atoms with van der Waals surface area (Å²) in [5.74, 6) is -0.262. The molecule has 1 saturated heterocycles. The van der Waals surface area contributed by atoms with Crippen molar-refractivity contribution in [3.05, 3.63) is 34.8 Å². The highest BCUT2D eigenvalue weighted by Gasteiger charge is 2.38. The molecule has 0 atom stereocenters. The summed E-state index contributed by atoms with van der Waals surface area (Å²) in [6.45, 7) is 6.05. The normalized spacial score (nSPS) is 15.2. The molecule has 0 aromatic carbocycles. The van der Waals surface area contributed by atoms with Crippen LogP contribution in [0.4, 0.5) is 23.9 Å². The number of amides is 1. The molecule has 4 rings (SSSR count). The number of aromatic nitrogens is 4. The van der Waals surface area contributed by atoms with Crippen LogP contribution in [0.15, 0.2) is 29.3 Å². The van der Waals surface area contributed by atoms with Gasteiger partial charge in [-0.25, -0.2) is 19.7 Å². The van der Waals surface area contributed by atoms with E-state index in [9.17, 15) is 18.0 Å². The van der Waals surface area contributed by atoms with Crippen molar-refractivity contribution in [3.8, 4) is 11.3 Å². The van der Waals surface area contributed by atoms with Gasteiger partial charge in [0.05, 0.1) is 23.4 Å². The SMILES string of the molecule is CC(C)(C)OC(=O)N1CC(n2cc(-c3nc(N)ncc3C(F)(F)F)c3cc(Br)ncc32)C1. The van der Waals surface area contributed by atoms with Gasteiger partial charge in [0, 0.05) is 36.4 Å². The predicted octanol–water partition coefficient (Wildman–Crippen LogP) is 4.65. The molecule has 4 heterocycles. The Bertz CT molecular complexity index is 1200. The number of nitrogens with two attached hydrogens (primary N) is 1. The Hall–Kier alpha value is -2.89. The minimum Gasteiger partial charge on any atom is -0.444 e. The van der Waals surface area contributed by atoms with Crippen LogP contribution in [0.1, 0.15) is 32.4 Å². The van der Waals surface area contributed by atoms with Gasteiger partial charge in [0.1, 0.15) is 15.8 Å². The van der Waals surface area contributed by atoms with E-state index >= 15 is 0 Å². The van der Waals surface area contributed by atoms with Crippen molar-refractivity contribution in [2.45, 2.75) is 38.6 Å². The zero-order chi connectivity index (χ0) is 23.4. The average molecular weight is 513 g/mol. The molecule has 1 aliphatic heterocycles. The molecule has 8 nitrogen and oxygen atoms in total. The second kappa shape index (κ2) is 7.61. The van der Waals surface area contributed by atoms with E-state index in [1.54, 1.807) is 39.2 Å². The van der Waals surface area contributed by atoms with Crippen LogP contribution in [-0.4, -0.2) is 49.2 Å². The molecule has 0 bridgehead atoms. The number of alkyl halides is 3. The molecule has 0 aliphatic carbocycles. The van der Waals surface area contributed by atoms with Crippen LogP contribution in [0.25, 0.3) is 22.2 Å². The Kier molecular flexibility index (Phi) is 5.30. The summed E-state index contributed by atoms with van der Waals surface area (Å²) in [5, 5.41) is 0.520. The molecule has 3 aromatic heterocycles. The fourth-order valence-electron chi connectivity index (χ4n) is 3.53. The summed E-state index contributed by atoms with van der Waals surface area (Å²) in [4.78, 5) is 25.4. The summed E-state index contributed by atoms with van der Waals surface area (Å²) < 4.78 is 48.6. The topological polar surface area (TPSA) is 99.2 Å². The van der Waals surface area contributed by atoms with E-state index in [1.165, 1.54) is 4.90 Å². The quantitative estimate of drug-likeness (QED) is 0.501. The van der Waals surface area contributed by atoms with E-state index in [0.29, 0.717) is 34.8 Å². The minimum absolute atomic E-state index is 0.157. The largest absolute Gasteiger partial charge is 0.444 e. The summed E-state index contributed by atoms with van der Waals surface area (Å²) in [5.41, 5.74) is 4.56. The van der Waals surface area contributed by atoms with Crippen LogP contribution in [0.5, 0.6) is 0 Å². The maximum Gasteiger partial charge on any atom is 0.419 e. The summed E-state index contributed by atoms with van der Waals surface area (Å²) in [6, 6.07) is 1.47. The van der Waals surface area contributed by atoms with Crippen LogP contribution in [0, 0.1) is 0 Å². The van der Waals surface area contributed by atoms with Gasteiger partial charge in [-0.1, -0.05) is 0 Å². The standard InChI is InChI=1S/C20H20BrF3N6O2/c1-19(2,3)32-18(31)29-7-10(8-29)30-9-12(11-4-15(21)26-6-14(11)30)16-13(20(22,23)24)5-27-17(25)28-16/h4-6,9-10H,7-8H2,1-3H3,(H2,25,27,28). The molecule has 1 aliphatic rings. The first-order chi connectivity index (χ1) is 14.8. The smallest absolute Gasteiger partial charge is 0.419 e. The molecule has 12 heteroatoms. The van der Waals surface area contributed by atoms with Crippen LogP contribution >= 0.6 is 15.9 Å². The van der Waals surface area contributed by atoms with Crippen molar-refractivity contribution in [2.24, 2.45) is 0 Å². The fraction of sp³-hybridized carbons (Fsp3) is 0.400. The molecule has 0 saturated carbocycles. The number of nitrogen functional groups attached to an aromatic ring is 1. The number of anilines is 1. The number of carbonyl (C=O) groups is 1. The summed E-state index contributed by atoms with van der Waals surface area (Å²) in [7, 11) is 0. The Morgan fingerprint density at radius 2 is 1.91 bits per heavy atom. The molecular weight excluding hydrogens is 493 g/mol. The lowest BCUT2D eigenvalue weighted by molar-refractivity contribution is -0.137. The third-order valence-corrected chi connectivity index (χ3v) is 5.40. The van der Waals surface area contributed by atoms with Gasteiger partial charge in [-0.3, -0.25) is 0 Å². The Labute approximate surface area is 189 Å². The maximum absolute atomic E-state index is 13.7. The number of nitrogens with zero attached hydrogens (tertiary/aromatic N) is 5. The van der Waals surface area contributed by atoms with Crippen molar-refractivity contribution in [1.29, 1.82) is 0 Å². The summed E-state index contributed by atoms with van der Waals surface area (Å²) >= 11 is 3.28. The number of fused-ring (bicyclic) bond motifs is 1. The highest BCUT2D eigenvalue weighted by Crippen LogP contribution is 2.41. The van der Waals surface area contributed by atoms with Crippen molar-refractivity contribution in [2.75, 3.05) is 18.8 Å². The highest BCUT2D eigenvalue weighted by atomic mass is 79.9. The minimum atomic E-state index is -4.66. The lowest BCUT2D eigenvalue weighted by Gasteiger charge is -2.40. The van der Waals surface area contributed by atoms with Crippen molar-refractivity contribution in [1.82, 2.24) is 24.4 Å². The summed E-state index contributed by atoms with van der Waals surface area (Å²) in [6.07, 6.45) is -1.26. The molecule has 2 N–H and O–H groups in total. The number of hydrogen-bond donors (Lipinski definition) is 1. The molecule has 1 amide bonds. The zero-order valence-electron chi connectivity index (χ0n) is 17.4. The average Bonchev–Trinajstić information content (AvgIpc) is 2.96. The second-order valence-electron chi connectivity index (χ2n) is 8.50. The van der Waals surface area contributed by atoms with Crippen molar-refractivity contribution >= 4 is 38.9 Å². The van der Waals surface area contributed by atoms with E-state index in [1.807, 2.05) is 4.57 Å². The molecule has 3 aromatic rings. The van der Waals surface area contributed by atoms with Gasteiger partial charge in [0.15, 0.2) is 0 Å². The maximum atomic E-state index is 13.7. The van der Waals surface area contributed by atoms with Crippen molar-refractivity contribution in [3.63, 3.8) is 0 Å². The van der Waals surface area contributed by atoms with E-state index in [4.69, 9.17) is 10.5 Å². The number of likely N-dealkylation sites (tertiary alicyclic amines) is 1. The monoisotopic (exact) mass is 512 g/mol. The third-order valence-electron chi connectivity index (χ3n) is 4.96. The van der Waals surface area contributed by atoms with E-state index in [-0.39, 0.29) is 23.2 Å². The van der Waals surface area contributed by atoms with Gasteiger partial charge in [-0.2, -0.15) is 13.2 Å². The number of hydrogen-bond acceptors (Lipinski definition) is 6. The molecule has 32 heavy (non-hydrogen) atoms. The Morgan fingerprint density at radius 1 is 1.22 bits per heavy atom. The highest BCUT2D eigenvalue weighted by molar-refractivity contribution is 9.10. The zero-order valence-corrected chi connectivity index (χ0v) is 19.0. The van der Waals surface area contributed by atoms with Crippen LogP contribution in [0.3, 0.4) is 0 Å². The van der Waals surface area contributed by atoms with Gasteiger partial charge in [0.25, 0.3) is 0 Å². The molecule has 0 unspecified atom stereocenters. The van der Waals surface area contributed by atoms with Crippen LogP contribution in [0.2, 0.25) is 0 Å². The van der Waals surface area contributed by atoms with Gasteiger partial charge in [0.2, 0.25) is 5.95 Å². The fourth-order valence-corrected chi connectivity index (χ4v) is 3.86. The lowest BCUT2D eigenvalue weighted by atomic mass is 10.1. The molecular formula is C20H20BrF3N6O2. The first-order valence-corrected chi connectivity index (χ1v) is 10.5. The van der Waals surface area contributed by atoms with Gasteiger partial charge >= 0.3 is 12.3 Å². The van der Waals surface area contributed by atoms with Gasteiger partial charge < -0.3 is 19.9 Å². The predicted molar refractivity (Wildman–Crippen MR) is 115 cm³/mol. The van der Waals surface area contributed by atoms with Crippen molar-refractivity contribution < 1.29 is 22.7 Å². The van der Waals surface area contributed by atoms with Gasteiger partial charge in [-0.15, -0.1) is 0 Å². The third kappa shape index (κ3) is 4.23. The molecule has 170 valence electrons. The number of halogens is 4. The molecule has 0 radical (unpaired) electrons. The number of pyridine rings is 1. The van der Waals surface area contributed by atoms with E-state index in [0.717, 1.165) is 0 Å². The number of rotatable bonds is 2. The number of carbonyl (C=O) groups excluding carboxylic acids is 1. The van der Waals surface area contributed by atoms with Crippen LogP contribution < -0.4 is 5.73 Å². The molecule has 0 spiro atoms. The molecule has 1 fully saturated rings. The first kappa shape index (κ1) is 22.3. The van der Waals surface area contributed by atoms with Crippen LogP contribution in [-0.2, 0) is 10.9 Å².